The maximum Gasteiger partial charge on any atom is 0.120 e. The van der Waals surface area contributed by atoms with Crippen molar-refractivity contribution in [2.75, 3.05) is 13.1 Å². The molecule has 2 aromatic carbocycles. The number of ether oxygens (including phenoxy) is 1. The standard InChI is InChI=1S/C18H23NO2/c1-13(2)21-17-6-4-14-11-16(5-3-15(14)12-17)18(20)7-9-19-10-8-18/h3-6,11-13,19-20H,7-10H2,1-2H3. The van der Waals surface area contributed by atoms with E-state index in [0.717, 1.165) is 48.0 Å². The van der Waals surface area contributed by atoms with Crippen molar-refractivity contribution in [3.8, 4) is 5.75 Å². The van der Waals surface area contributed by atoms with Gasteiger partial charge in [-0.3, -0.25) is 0 Å². The topological polar surface area (TPSA) is 41.5 Å². The summed E-state index contributed by atoms with van der Waals surface area (Å²) in [6.07, 6.45) is 1.72. The Hall–Kier alpha value is -1.58. The minimum atomic E-state index is -0.688. The molecule has 0 unspecified atom stereocenters. The number of hydrogen-bond acceptors (Lipinski definition) is 3. The van der Waals surface area contributed by atoms with Crippen LogP contribution in [-0.4, -0.2) is 24.3 Å². The van der Waals surface area contributed by atoms with Crippen LogP contribution in [0.2, 0.25) is 0 Å². The first-order valence-electron chi connectivity index (χ1n) is 7.71. The van der Waals surface area contributed by atoms with E-state index < -0.39 is 5.60 Å². The van der Waals surface area contributed by atoms with Gasteiger partial charge in [0.15, 0.2) is 0 Å². The molecule has 3 rings (SSSR count). The lowest BCUT2D eigenvalue weighted by Gasteiger charge is -2.33. The molecule has 0 amide bonds. The monoisotopic (exact) mass is 285 g/mol. The van der Waals surface area contributed by atoms with Crippen LogP contribution in [0.3, 0.4) is 0 Å². The van der Waals surface area contributed by atoms with Gasteiger partial charge in [-0.15, -0.1) is 0 Å². The Balaban J connectivity index is 1.93. The minimum absolute atomic E-state index is 0.178. The van der Waals surface area contributed by atoms with Crippen molar-refractivity contribution in [2.45, 2.75) is 38.4 Å². The molecule has 0 aromatic heterocycles. The number of piperidine rings is 1. The Kier molecular flexibility index (Phi) is 3.87. The van der Waals surface area contributed by atoms with E-state index in [0.29, 0.717) is 0 Å². The van der Waals surface area contributed by atoms with Gasteiger partial charge in [-0.05, 0) is 74.3 Å². The fraction of sp³-hybridized carbons (Fsp3) is 0.444. The zero-order valence-corrected chi connectivity index (χ0v) is 12.7. The summed E-state index contributed by atoms with van der Waals surface area (Å²) in [7, 11) is 0. The van der Waals surface area contributed by atoms with Gasteiger partial charge in [-0.2, -0.15) is 0 Å². The zero-order chi connectivity index (χ0) is 14.9. The number of fused-ring (bicyclic) bond motifs is 1. The number of nitrogens with one attached hydrogen (secondary N) is 1. The SMILES string of the molecule is CC(C)Oc1ccc2cc(C3(O)CCNCC3)ccc2c1. The fourth-order valence-corrected chi connectivity index (χ4v) is 2.99. The molecular weight excluding hydrogens is 262 g/mol. The largest absolute Gasteiger partial charge is 0.491 e. The van der Waals surface area contributed by atoms with Crippen molar-refractivity contribution in [2.24, 2.45) is 0 Å². The molecule has 2 aromatic rings. The fourth-order valence-electron chi connectivity index (χ4n) is 2.99. The van der Waals surface area contributed by atoms with Gasteiger partial charge in [0.25, 0.3) is 0 Å². The molecule has 0 spiro atoms. The molecule has 3 nitrogen and oxygen atoms in total. The second kappa shape index (κ2) is 5.66. The lowest BCUT2D eigenvalue weighted by molar-refractivity contribution is 0.00606. The van der Waals surface area contributed by atoms with Gasteiger partial charge in [0.2, 0.25) is 0 Å². The van der Waals surface area contributed by atoms with E-state index in [9.17, 15) is 5.11 Å². The first-order valence-corrected chi connectivity index (χ1v) is 7.71. The summed E-state index contributed by atoms with van der Waals surface area (Å²) in [5, 5.41) is 16.4. The first kappa shape index (κ1) is 14.4. The van der Waals surface area contributed by atoms with Crippen LogP contribution in [-0.2, 0) is 5.60 Å². The molecule has 1 heterocycles. The molecule has 0 radical (unpaired) electrons. The smallest absolute Gasteiger partial charge is 0.120 e. The van der Waals surface area contributed by atoms with E-state index in [1.165, 1.54) is 0 Å². The van der Waals surface area contributed by atoms with Gasteiger partial charge in [-0.1, -0.05) is 18.2 Å². The predicted octanol–water partition coefficient (Wildman–Crippen LogP) is 3.20. The predicted molar refractivity (Wildman–Crippen MR) is 85.7 cm³/mol. The molecule has 112 valence electrons. The summed E-state index contributed by atoms with van der Waals surface area (Å²) < 4.78 is 5.73. The van der Waals surface area contributed by atoms with E-state index in [4.69, 9.17) is 4.74 Å². The lowest BCUT2D eigenvalue weighted by Crippen LogP contribution is -2.39. The van der Waals surface area contributed by atoms with Crippen molar-refractivity contribution >= 4 is 10.8 Å². The van der Waals surface area contributed by atoms with E-state index in [-0.39, 0.29) is 6.10 Å². The van der Waals surface area contributed by atoms with E-state index in [1.807, 2.05) is 26.0 Å². The van der Waals surface area contributed by atoms with E-state index in [1.54, 1.807) is 0 Å². The van der Waals surface area contributed by atoms with Crippen LogP contribution in [0.25, 0.3) is 10.8 Å². The summed E-state index contributed by atoms with van der Waals surface area (Å²) in [5.74, 6) is 0.894. The maximum atomic E-state index is 10.8. The van der Waals surface area contributed by atoms with E-state index >= 15 is 0 Å². The second-order valence-electron chi connectivity index (χ2n) is 6.17. The average Bonchev–Trinajstić information content (AvgIpc) is 2.47. The molecule has 3 heteroatoms. The van der Waals surface area contributed by atoms with Gasteiger partial charge in [0, 0.05) is 0 Å². The van der Waals surface area contributed by atoms with Crippen molar-refractivity contribution in [3.63, 3.8) is 0 Å². The van der Waals surface area contributed by atoms with Gasteiger partial charge < -0.3 is 15.2 Å². The summed E-state index contributed by atoms with van der Waals surface area (Å²) in [6.45, 7) is 5.80. The molecular formula is C18H23NO2. The van der Waals surface area contributed by atoms with Crippen LogP contribution >= 0.6 is 0 Å². The highest BCUT2D eigenvalue weighted by atomic mass is 16.5. The molecule has 21 heavy (non-hydrogen) atoms. The molecule has 2 N–H and O–H groups in total. The summed E-state index contributed by atoms with van der Waals surface area (Å²) >= 11 is 0. The number of hydrogen-bond donors (Lipinski definition) is 2. The quantitative estimate of drug-likeness (QED) is 0.910. The van der Waals surface area contributed by atoms with Gasteiger partial charge in [-0.25, -0.2) is 0 Å². The molecule has 1 saturated heterocycles. The summed E-state index contributed by atoms with van der Waals surface area (Å²) in [4.78, 5) is 0. The highest BCUT2D eigenvalue weighted by Crippen LogP contribution is 2.33. The highest BCUT2D eigenvalue weighted by molar-refractivity contribution is 5.84. The zero-order valence-electron chi connectivity index (χ0n) is 12.7. The number of aliphatic hydroxyl groups is 1. The third-order valence-corrected chi connectivity index (χ3v) is 4.15. The Morgan fingerprint density at radius 2 is 1.71 bits per heavy atom. The van der Waals surface area contributed by atoms with Crippen molar-refractivity contribution in [3.05, 3.63) is 42.0 Å². The summed E-state index contributed by atoms with van der Waals surface area (Å²) in [5.41, 5.74) is 0.334. The van der Waals surface area contributed by atoms with Crippen molar-refractivity contribution in [1.29, 1.82) is 0 Å². The van der Waals surface area contributed by atoms with E-state index in [2.05, 4.69) is 29.6 Å². The van der Waals surface area contributed by atoms with Gasteiger partial charge in [0.1, 0.15) is 5.75 Å². The Morgan fingerprint density at radius 1 is 1.05 bits per heavy atom. The van der Waals surface area contributed by atoms with Gasteiger partial charge in [0.05, 0.1) is 11.7 Å². The van der Waals surface area contributed by atoms with Crippen LogP contribution in [0, 0.1) is 0 Å². The third-order valence-electron chi connectivity index (χ3n) is 4.15. The average molecular weight is 285 g/mol. The van der Waals surface area contributed by atoms with Crippen molar-refractivity contribution < 1.29 is 9.84 Å². The summed E-state index contributed by atoms with van der Waals surface area (Å²) in [6, 6.07) is 12.4. The third kappa shape index (κ3) is 3.04. The molecule has 0 atom stereocenters. The normalized spacial score (nSPS) is 18.1. The molecule has 1 fully saturated rings. The molecule has 0 bridgehead atoms. The maximum absolute atomic E-state index is 10.8. The highest BCUT2D eigenvalue weighted by Gasteiger charge is 2.31. The van der Waals surface area contributed by atoms with Crippen LogP contribution in [0.1, 0.15) is 32.3 Å². The van der Waals surface area contributed by atoms with Crippen LogP contribution in [0.5, 0.6) is 5.75 Å². The Morgan fingerprint density at radius 3 is 2.43 bits per heavy atom. The second-order valence-corrected chi connectivity index (χ2v) is 6.17. The molecule has 0 saturated carbocycles. The lowest BCUT2D eigenvalue weighted by atomic mass is 9.84. The Bertz CT molecular complexity index is 630. The van der Waals surface area contributed by atoms with Gasteiger partial charge >= 0.3 is 0 Å². The minimum Gasteiger partial charge on any atom is -0.491 e. The van der Waals surface area contributed by atoms with Crippen LogP contribution in [0.4, 0.5) is 0 Å². The van der Waals surface area contributed by atoms with Crippen LogP contribution < -0.4 is 10.1 Å². The molecule has 1 aliphatic rings. The number of benzene rings is 2. The molecule has 1 aliphatic heterocycles. The molecule has 0 aliphatic carbocycles. The van der Waals surface area contributed by atoms with Crippen LogP contribution in [0.15, 0.2) is 36.4 Å². The number of rotatable bonds is 3. The Labute approximate surface area is 125 Å². The first-order chi connectivity index (χ1) is 10.1. The van der Waals surface area contributed by atoms with Crippen molar-refractivity contribution in [1.82, 2.24) is 5.32 Å².